The van der Waals surface area contributed by atoms with Gasteiger partial charge in [0.25, 0.3) is 0 Å². The van der Waals surface area contributed by atoms with Crippen LogP contribution in [-0.4, -0.2) is 36.1 Å². The van der Waals surface area contributed by atoms with E-state index in [1.807, 2.05) is 0 Å². The topological polar surface area (TPSA) is 52.0 Å². The quantitative estimate of drug-likeness (QED) is 0.907. The molecule has 1 fully saturated rings. The molecule has 1 N–H and O–H groups in total. The van der Waals surface area contributed by atoms with Crippen molar-refractivity contribution in [1.82, 2.24) is 9.88 Å². The number of likely N-dealkylation sites (tertiary alicyclic amines) is 1. The van der Waals surface area contributed by atoms with Gasteiger partial charge in [0.05, 0.1) is 5.56 Å². The first-order chi connectivity index (χ1) is 8.74. The standard InChI is InChI=1S/C13H17ClN4/c1-2-18-6-4-10(9-18)8-17-13-12(14)11(7-15)3-5-16-13/h3,5,10H,2,4,6,8-9H2,1H3,(H,16,17). The van der Waals surface area contributed by atoms with E-state index in [9.17, 15) is 0 Å². The van der Waals surface area contributed by atoms with Crippen LogP contribution in [0.15, 0.2) is 12.3 Å². The molecule has 0 radical (unpaired) electrons. The van der Waals surface area contributed by atoms with Crippen LogP contribution >= 0.6 is 11.6 Å². The summed E-state index contributed by atoms with van der Waals surface area (Å²) >= 11 is 6.09. The highest BCUT2D eigenvalue weighted by Gasteiger charge is 2.21. The van der Waals surface area contributed by atoms with E-state index in [0.717, 1.165) is 19.6 Å². The summed E-state index contributed by atoms with van der Waals surface area (Å²) in [5.41, 5.74) is 0.468. The van der Waals surface area contributed by atoms with Crippen LogP contribution < -0.4 is 5.32 Å². The Balaban J connectivity index is 1.93. The van der Waals surface area contributed by atoms with Gasteiger partial charge in [-0.25, -0.2) is 4.98 Å². The molecule has 1 saturated heterocycles. The molecule has 0 saturated carbocycles. The van der Waals surface area contributed by atoms with Crippen LogP contribution in [0.3, 0.4) is 0 Å². The summed E-state index contributed by atoms with van der Waals surface area (Å²) < 4.78 is 0. The lowest BCUT2D eigenvalue weighted by Gasteiger charge is -2.14. The molecule has 1 aliphatic heterocycles. The number of nitrogens with zero attached hydrogens (tertiary/aromatic N) is 3. The number of nitriles is 1. The molecule has 0 aromatic carbocycles. The molecular weight excluding hydrogens is 248 g/mol. The summed E-state index contributed by atoms with van der Waals surface area (Å²) in [4.78, 5) is 6.62. The first-order valence-corrected chi connectivity index (χ1v) is 6.63. The van der Waals surface area contributed by atoms with Crippen molar-refractivity contribution in [3.8, 4) is 6.07 Å². The maximum absolute atomic E-state index is 8.89. The Kier molecular flexibility index (Phi) is 4.40. The second kappa shape index (κ2) is 6.03. The van der Waals surface area contributed by atoms with Crippen molar-refractivity contribution in [2.24, 2.45) is 5.92 Å². The molecule has 0 aliphatic carbocycles. The normalized spacial score (nSPS) is 19.7. The van der Waals surface area contributed by atoms with Crippen molar-refractivity contribution in [2.45, 2.75) is 13.3 Å². The highest BCUT2D eigenvalue weighted by Crippen LogP contribution is 2.24. The Labute approximate surface area is 113 Å². The fourth-order valence-corrected chi connectivity index (χ4v) is 2.48. The zero-order valence-electron chi connectivity index (χ0n) is 10.5. The van der Waals surface area contributed by atoms with Crippen LogP contribution in [0.25, 0.3) is 0 Å². The molecule has 4 nitrogen and oxygen atoms in total. The molecule has 2 rings (SSSR count). The zero-order chi connectivity index (χ0) is 13.0. The predicted molar refractivity (Wildman–Crippen MR) is 72.7 cm³/mol. The first-order valence-electron chi connectivity index (χ1n) is 6.25. The van der Waals surface area contributed by atoms with E-state index >= 15 is 0 Å². The number of aromatic nitrogens is 1. The van der Waals surface area contributed by atoms with Crippen LogP contribution in [0.4, 0.5) is 5.82 Å². The fraction of sp³-hybridized carbons (Fsp3) is 0.538. The van der Waals surface area contributed by atoms with E-state index in [2.05, 4.69) is 28.2 Å². The number of hydrogen-bond acceptors (Lipinski definition) is 4. The van der Waals surface area contributed by atoms with Gasteiger partial charge >= 0.3 is 0 Å². The highest BCUT2D eigenvalue weighted by atomic mass is 35.5. The number of hydrogen-bond donors (Lipinski definition) is 1. The number of anilines is 1. The van der Waals surface area contributed by atoms with Crippen LogP contribution in [0.2, 0.25) is 5.02 Å². The van der Waals surface area contributed by atoms with Crippen LogP contribution in [-0.2, 0) is 0 Å². The van der Waals surface area contributed by atoms with Gasteiger partial charge in [0.2, 0.25) is 0 Å². The van der Waals surface area contributed by atoms with E-state index in [1.54, 1.807) is 12.3 Å². The van der Waals surface area contributed by atoms with Crippen molar-refractivity contribution < 1.29 is 0 Å². The van der Waals surface area contributed by atoms with Crippen molar-refractivity contribution in [2.75, 3.05) is 31.5 Å². The number of halogens is 1. The summed E-state index contributed by atoms with van der Waals surface area (Å²) in [5.74, 6) is 1.25. The van der Waals surface area contributed by atoms with Gasteiger partial charge in [-0.05, 0) is 31.5 Å². The molecule has 1 aromatic heterocycles. The molecule has 2 heterocycles. The summed E-state index contributed by atoms with van der Waals surface area (Å²) in [5, 5.41) is 12.6. The van der Waals surface area contributed by atoms with Crippen LogP contribution in [0, 0.1) is 17.2 Å². The second-order valence-corrected chi connectivity index (χ2v) is 4.94. The van der Waals surface area contributed by atoms with Gasteiger partial charge in [0.1, 0.15) is 16.9 Å². The Morgan fingerprint density at radius 2 is 2.50 bits per heavy atom. The van der Waals surface area contributed by atoms with E-state index in [4.69, 9.17) is 16.9 Å². The molecule has 0 spiro atoms. The molecule has 5 heteroatoms. The van der Waals surface area contributed by atoms with E-state index < -0.39 is 0 Å². The predicted octanol–water partition coefficient (Wildman–Crippen LogP) is 2.36. The minimum Gasteiger partial charge on any atom is -0.368 e. The number of rotatable bonds is 4. The molecule has 1 atom stereocenters. The zero-order valence-corrected chi connectivity index (χ0v) is 11.2. The summed E-state index contributed by atoms with van der Waals surface area (Å²) in [6.07, 6.45) is 2.82. The van der Waals surface area contributed by atoms with Crippen LogP contribution in [0.5, 0.6) is 0 Å². The summed E-state index contributed by atoms with van der Waals surface area (Å²) in [6, 6.07) is 3.69. The molecule has 1 aromatic rings. The smallest absolute Gasteiger partial charge is 0.146 e. The lowest BCUT2D eigenvalue weighted by Crippen LogP contribution is -2.22. The molecule has 0 bridgehead atoms. The molecule has 96 valence electrons. The lowest BCUT2D eigenvalue weighted by molar-refractivity contribution is 0.345. The third-order valence-electron chi connectivity index (χ3n) is 3.39. The third-order valence-corrected chi connectivity index (χ3v) is 3.77. The van der Waals surface area contributed by atoms with Gasteiger partial charge in [-0.2, -0.15) is 5.26 Å². The molecule has 1 aliphatic rings. The molecular formula is C13H17ClN4. The van der Waals surface area contributed by atoms with Crippen molar-refractivity contribution >= 4 is 17.4 Å². The van der Waals surface area contributed by atoms with Gasteiger partial charge in [0.15, 0.2) is 0 Å². The van der Waals surface area contributed by atoms with E-state index in [1.165, 1.54) is 13.0 Å². The average Bonchev–Trinajstić information content (AvgIpc) is 2.85. The minimum atomic E-state index is 0.422. The Hall–Kier alpha value is -1.31. The largest absolute Gasteiger partial charge is 0.368 e. The minimum absolute atomic E-state index is 0.422. The monoisotopic (exact) mass is 264 g/mol. The molecule has 1 unspecified atom stereocenters. The maximum Gasteiger partial charge on any atom is 0.146 e. The SMILES string of the molecule is CCN1CCC(CNc2nccc(C#N)c2Cl)C1. The Morgan fingerprint density at radius 3 is 3.17 bits per heavy atom. The maximum atomic E-state index is 8.89. The number of pyridine rings is 1. The van der Waals surface area contributed by atoms with Crippen molar-refractivity contribution in [3.63, 3.8) is 0 Å². The molecule has 18 heavy (non-hydrogen) atoms. The van der Waals surface area contributed by atoms with E-state index in [-0.39, 0.29) is 0 Å². The first kappa shape index (κ1) is 13.1. The van der Waals surface area contributed by atoms with Crippen LogP contribution in [0.1, 0.15) is 18.9 Å². The number of nitrogens with one attached hydrogen (secondary N) is 1. The summed E-state index contributed by atoms with van der Waals surface area (Å²) in [7, 11) is 0. The van der Waals surface area contributed by atoms with Gasteiger partial charge in [0, 0.05) is 19.3 Å². The van der Waals surface area contributed by atoms with Crippen molar-refractivity contribution in [1.29, 1.82) is 5.26 Å². The van der Waals surface area contributed by atoms with Gasteiger partial charge < -0.3 is 10.2 Å². The summed E-state index contributed by atoms with van der Waals surface area (Å²) in [6.45, 7) is 6.45. The Morgan fingerprint density at radius 1 is 1.67 bits per heavy atom. The average molecular weight is 265 g/mol. The third kappa shape index (κ3) is 2.92. The van der Waals surface area contributed by atoms with E-state index in [0.29, 0.717) is 22.3 Å². The highest BCUT2D eigenvalue weighted by molar-refractivity contribution is 6.34. The van der Waals surface area contributed by atoms with Gasteiger partial charge in [-0.1, -0.05) is 18.5 Å². The second-order valence-electron chi connectivity index (χ2n) is 4.56. The molecule has 0 amide bonds. The van der Waals surface area contributed by atoms with Crippen molar-refractivity contribution in [3.05, 3.63) is 22.8 Å². The fourth-order valence-electron chi connectivity index (χ4n) is 2.26. The lowest BCUT2D eigenvalue weighted by atomic mass is 10.1. The van der Waals surface area contributed by atoms with Gasteiger partial charge in [-0.3, -0.25) is 0 Å². The van der Waals surface area contributed by atoms with Gasteiger partial charge in [-0.15, -0.1) is 0 Å². The Bertz CT molecular complexity index is 455.